The van der Waals surface area contributed by atoms with Crippen LogP contribution in [-0.2, 0) is 22.4 Å². The van der Waals surface area contributed by atoms with E-state index in [1.54, 1.807) is 0 Å². The van der Waals surface area contributed by atoms with Crippen molar-refractivity contribution >= 4 is 11.8 Å². The number of rotatable bonds is 5. The van der Waals surface area contributed by atoms with Crippen molar-refractivity contribution in [1.82, 2.24) is 14.8 Å². The molecule has 2 aliphatic heterocycles. The molecule has 0 aliphatic carbocycles. The number of hydrogen-bond donors (Lipinski definition) is 2. The summed E-state index contributed by atoms with van der Waals surface area (Å²) < 4.78 is 54.9. The zero-order chi connectivity index (χ0) is 29.3. The number of aromatic nitrogens is 1. The number of benzene rings is 2. The van der Waals surface area contributed by atoms with Gasteiger partial charge in [-0.25, -0.2) is 13.2 Å². The van der Waals surface area contributed by atoms with Crippen LogP contribution >= 0.6 is 0 Å². The number of nitrogens with zero attached hydrogens (tertiary/aromatic N) is 2. The molecule has 2 aliphatic rings. The van der Waals surface area contributed by atoms with E-state index in [4.69, 9.17) is 9.47 Å². The highest BCUT2D eigenvalue weighted by molar-refractivity contribution is 5.99. The molecule has 12 heteroatoms. The molecule has 9 nitrogen and oxygen atoms in total. The lowest BCUT2D eigenvalue weighted by Gasteiger charge is -2.41. The largest absolute Gasteiger partial charge is 0.503 e. The average molecular weight is 572 g/mol. The van der Waals surface area contributed by atoms with Crippen LogP contribution in [0.2, 0.25) is 0 Å². The molecule has 216 valence electrons. The predicted molar refractivity (Wildman–Crippen MR) is 140 cm³/mol. The van der Waals surface area contributed by atoms with E-state index in [-0.39, 0.29) is 24.9 Å². The summed E-state index contributed by atoms with van der Waals surface area (Å²) in [6.45, 7) is 1.82. The summed E-state index contributed by atoms with van der Waals surface area (Å²) in [4.78, 5) is 41.0. The van der Waals surface area contributed by atoms with Gasteiger partial charge in [0.25, 0.3) is 11.8 Å². The first-order valence-corrected chi connectivity index (χ1v) is 13.1. The van der Waals surface area contributed by atoms with Gasteiger partial charge in [-0.15, -0.1) is 0 Å². The van der Waals surface area contributed by atoms with E-state index in [0.717, 1.165) is 11.8 Å². The van der Waals surface area contributed by atoms with Crippen molar-refractivity contribution in [1.29, 1.82) is 0 Å². The lowest BCUT2D eigenvalue weighted by atomic mass is 10.1. The molecule has 1 saturated heterocycles. The van der Waals surface area contributed by atoms with E-state index in [0.29, 0.717) is 31.6 Å². The Balaban J connectivity index is 1.49. The Morgan fingerprint density at radius 1 is 1.12 bits per heavy atom. The SMILES string of the molecule is C[C@H]1CCOC[C@@H](Cc2ccccc2)O[C@@H]2CN1C(=O)c1c(O)c(=O)c(C(=O)NCc3c(F)cc(F)cc3F)cn12. The van der Waals surface area contributed by atoms with Gasteiger partial charge >= 0.3 is 0 Å². The predicted octanol–water partition coefficient (Wildman–Crippen LogP) is 3.29. The smallest absolute Gasteiger partial charge is 0.274 e. The van der Waals surface area contributed by atoms with Crippen LogP contribution in [0.3, 0.4) is 0 Å². The van der Waals surface area contributed by atoms with Gasteiger partial charge in [-0.2, -0.15) is 0 Å². The second-order valence-electron chi connectivity index (χ2n) is 10.1. The molecular formula is C29H28F3N3O6. The minimum absolute atomic E-state index is 0.0770. The third-order valence-corrected chi connectivity index (χ3v) is 7.28. The van der Waals surface area contributed by atoms with E-state index >= 15 is 0 Å². The first-order chi connectivity index (χ1) is 19.6. The minimum Gasteiger partial charge on any atom is -0.503 e. The summed E-state index contributed by atoms with van der Waals surface area (Å²) in [6.07, 6.45) is 0.719. The number of nitrogens with one attached hydrogen (secondary N) is 1. The third kappa shape index (κ3) is 5.84. The molecule has 2 aromatic carbocycles. The Bertz CT molecular complexity index is 1510. The molecule has 0 saturated carbocycles. The van der Waals surface area contributed by atoms with E-state index in [9.17, 15) is 32.7 Å². The van der Waals surface area contributed by atoms with Gasteiger partial charge in [-0.05, 0) is 18.9 Å². The molecule has 0 spiro atoms. The van der Waals surface area contributed by atoms with Crippen LogP contribution in [0.1, 0.15) is 51.5 Å². The zero-order valence-electron chi connectivity index (χ0n) is 22.1. The highest BCUT2D eigenvalue weighted by Gasteiger charge is 2.39. The first-order valence-electron chi connectivity index (χ1n) is 13.1. The Kier molecular flexibility index (Phi) is 8.13. The number of carbonyl (C=O) groups excluding carboxylic acids is 2. The van der Waals surface area contributed by atoms with Crippen LogP contribution < -0.4 is 10.7 Å². The molecular weight excluding hydrogens is 543 g/mol. The van der Waals surface area contributed by atoms with E-state index < -0.39 is 70.4 Å². The maximum absolute atomic E-state index is 14.1. The van der Waals surface area contributed by atoms with Crippen LogP contribution in [0.25, 0.3) is 0 Å². The summed E-state index contributed by atoms with van der Waals surface area (Å²) in [5.41, 5.74) is -1.66. The average Bonchev–Trinajstić information content (AvgIpc) is 2.93. The second kappa shape index (κ2) is 11.8. The standard InChI is InChI=1S/C29H28F3N3O6/c1-16-7-8-40-15-19(9-17-5-3-2-4-6-17)41-24-14-34(16)29(39)25-27(37)26(36)21(13-35(24)25)28(38)33-12-20-22(31)10-18(30)11-23(20)32/h2-6,10-11,13,16,19,24,37H,7-9,12,14-15H2,1H3,(H,33,38)/t16-,19+,24+/m0/s1. The molecule has 2 N–H and O–H groups in total. The van der Waals surface area contributed by atoms with Gasteiger partial charge < -0.3 is 29.4 Å². The summed E-state index contributed by atoms with van der Waals surface area (Å²) in [6, 6.07) is 10.2. The molecule has 2 amide bonds. The second-order valence-corrected chi connectivity index (χ2v) is 10.1. The molecule has 3 aromatic rings. The van der Waals surface area contributed by atoms with Gasteiger partial charge in [0.05, 0.1) is 19.3 Å². The molecule has 3 heterocycles. The lowest BCUT2D eigenvalue weighted by Crippen LogP contribution is -2.51. The fourth-order valence-electron chi connectivity index (χ4n) is 5.06. The van der Waals surface area contributed by atoms with Gasteiger partial charge in [0, 0.05) is 49.5 Å². The van der Waals surface area contributed by atoms with Crippen molar-refractivity contribution in [3.8, 4) is 5.75 Å². The number of aromatic hydroxyl groups is 1. The molecule has 0 unspecified atom stereocenters. The number of carbonyl (C=O) groups is 2. The van der Waals surface area contributed by atoms with Crippen LogP contribution in [-0.4, -0.2) is 58.3 Å². The van der Waals surface area contributed by atoms with Crippen molar-refractivity contribution in [2.24, 2.45) is 0 Å². The van der Waals surface area contributed by atoms with Gasteiger partial charge in [0.1, 0.15) is 23.0 Å². The normalized spacial score (nSPS) is 20.8. The van der Waals surface area contributed by atoms with E-state index in [2.05, 4.69) is 5.32 Å². The van der Waals surface area contributed by atoms with Gasteiger partial charge in [0.15, 0.2) is 17.7 Å². The number of halogens is 3. The number of pyridine rings is 1. The van der Waals surface area contributed by atoms with Crippen LogP contribution in [0.4, 0.5) is 13.2 Å². The van der Waals surface area contributed by atoms with Crippen LogP contribution in [0, 0.1) is 17.5 Å². The topological polar surface area (TPSA) is 110 Å². The fourth-order valence-corrected chi connectivity index (χ4v) is 5.06. The lowest BCUT2D eigenvalue weighted by molar-refractivity contribution is -0.112. The maximum atomic E-state index is 14.1. The van der Waals surface area contributed by atoms with Crippen molar-refractivity contribution in [3.63, 3.8) is 0 Å². The van der Waals surface area contributed by atoms with Crippen molar-refractivity contribution < 1.29 is 37.3 Å². The minimum atomic E-state index is -1.21. The van der Waals surface area contributed by atoms with Gasteiger partial charge in [0.2, 0.25) is 5.43 Å². The number of amides is 2. The van der Waals surface area contributed by atoms with Crippen LogP contribution in [0.15, 0.2) is 53.5 Å². The van der Waals surface area contributed by atoms with Crippen molar-refractivity contribution in [2.45, 2.75) is 44.7 Å². The fraction of sp³-hybridized carbons (Fsp3) is 0.345. The summed E-state index contributed by atoms with van der Waals surface area (Å²) >= 11 is 0. The van der Waals surface area contributed by atoms with Crippen molar-refractivity contribution in [2.75, 3.05) is 19.8 Å². The van der Waals surface area contributed by atoms with E-state index in [1.807, 2.05) is 37.3 Å². The molecule has 5 rings (SSSR count). The number of hydrogen-bond acceptors (Lipinski definition) is 6. The monoisotopic (exact) mass is 571 g/mol. The highest BCUT2D eigenvalue weighted by atomic mass is 19.1. The molecule has 1 fully saturated rings. The molecule has 2 bridgehead atoms. The molecule has 41 heavy (non-hydrogen) atoms. The zero-order valence-corrected chi connectivity index (χ0v) is 22.1. The Hall–Kier alpha value is -4.16. The molecule has 3 atom stereocenters. The third-order valence-electron chi connectivity index (χ3n) is 7.28. The summed E-state index contributed by atoms with van der Waals surface area (Å²) in [5, 5.41) is 13.1. The van der Waals surface area contributed by atoms with Gasteiger partial charge in [-0.1, -0.05) is 30.3 Å². The first kappa shape index (κ1) is 28.4. The van der Waals surface area contributed by atoms with Crippen molar-refractivity contribution in [3.05, 3.63) is 98.7 Å². The quantitative estimate of drug-likeness (QED) is 0.487. The maximum Gasteiger partial charge on any atom is 0.274 e. The number of ether oxygens (including phenoxy) is 2. The molecule has 1 aromatic heterocycles. The number of fused-ring (bicyclic) bond motifs is 4. The summed E-state index contributed by atoms with van der Waals surface area (Å²) in [7, 11) is 0. The summed E-state index contributed by atoms with van der Waals surface area (Å²) in [5.74, 6) is -6.17. The Labute approximate surface area is 233 Å². The van der Waals surface area contributed by atoms with E-state index in [1.165, 1.54) is 9.47 Å². The Morgan fingerprint density at radius 3 is 2.54 bits per heavy atom. The highest BCUT2D eigenvalue weighted by Crippen LogP contribution is 2.31. The van der Waals surface area contributed by atoms with Gasteiger partial charge in [-0.3, -0.25) is 14.4 Å². The Morgan fingerprint density at radius 2 is 1.83 bits per heavy atom. The molecule has 0 radical (unpaired) electrons. The van der Waals surface area contributed by atoms with Crippen LogP contribution in [0.5, 0.6) is 5.75 Å².